The van der Waals surface area contributed by atoms with E-state index in [1.807, 2.05) is 0 Å². The second-order valence-electron chi connectivity index (χ2n) is 6.59. The van der Waals surface area contributed by atoms with Gasteiger partial charge in [0.15, 0.2) is 0 Å². The molecule has 0 nitrogen and oxygen atoms in total. The van der Waals surface area contributed by atoms with Crippen LogP contribution in [0.2, 0.25) is 11.5 Å². The van der Waals surface area contributed by atoms with Gasteiger partial charge in [0.25, 0.3) is 0 Å². The molecular formula is C20H21GeZr. The van der Waals surface area contributed by atoms with E-state index < -0.39 is 29.8 Å². The van der Waals surface area contributed by atoms with Crippen LogP contribution >= 0.6 is 0 Å². The predicted octanol–water partition coefficient (Wildman–Crippen LogP) is 5.12. The van der Waals surface area contributed by atoms with E-state index in [1.165, 1.54) is 11.1 Å². The Morgan fingerprint density at radius 2 is 1.18 bits per heavy atom. The van der Waals surface area contributed by atoms with Gasteiger partial charge in [0.2, 0.25) is 0 Å². The molecule has 0 N–H and O–H groups in total. The summed E-state index contributed by atoms with van der Waals surface area (Å²) in [7, 11) is -1.12. The normalized spacial score (nSPS) is 21.2. The number of hydrogen-bond acceptors (Lipinski definition) is 0. The van der Waals surface area contributed by atoms with E-state index in [-0.39, 0.29) is 0 Å². The number of fused-ring (bicyclic) bond motifs is 2. The molecule has 0 aromatic heterocycles. The summed E-state index contributed by atoms with van der Waals surface area (Å²) in [6.07, 6.45) is 9.88. The molecule has 2 aromatic carbocycles. The van der Waals surface area contributed by atoms with Gasteiger partial charge in [-0.25, -0.2) is 0 Å². The van der Waals surface area contributed by atoms with E-state index >= 15 is 0 Å². The molecule has 2 aliphatic rings. The van der Waals surface area contributed by atoms with Crippen molar-refractivity contribution in [3.8, 4) is 0 Å². The molecule has 0 heterocycles. The van der Waals surface area contributed by atoms with Gasteiger partial charge in [-0.3, -0.25) is 0 Å². The summed E-state index contributed by atoms with van der Waals surface area (Å²) >= 11 is -1.57. The minimum atomic E-state index is -1.57. The van der Waals surface area contributed by atoms with Gasteiger partial charge in [-0.1, -0.05) is 0 Å². The van der Waals surface area contributed by atoms with Crippen LogP contribution in [-0.4, -0.2) is 10.6 Å². The molecule has 4 rings (SSSR count). The molecule has 2 aliphatic carbocycles. The summed E-state index contributed by atoms with van der Waals surface area (Å²) in [5.41, 5.74) is 6.22. The van der Waals surface area contributed by atoms with Gasteiger partial charge in [0, 0.05) is 0 Å². The second-order valence-corrected chi connectivity index (χ2v) is 40.0. The van der Waals surface area contributed by atoms with Crippen molar-refractivity contribution in [1.29, 1.82) is 0 Å². The first-order chi connectivity index (χ1) is 10.8. The van der Waals surface area contributed by atoms with Gasteiger partial charge in [-0.2, -0.15) is 0 Å². The SMILES string of the molecule is [CH3][GeH]([CH3])[Zr]([CH]1C=Cc2ccccc21)[CH]1C=Cc2ccccc21. The third kappa shape index (κ3) is 2.47. The maximum absolute atomic E-state index is 2.64. The van der Waals surface area contributed by atoms with Gasteiger partial charge < -0.3 is 0 Å². The Morgan fingerprint density at radius 3 is 1.64 bits per heavy atom. The summed E-state index contributed by atoms with van der Waals surface area (Å²) in [6.45, 7) is 0. The number of allylic oxidation sites excluding steroid dienone is 2. The molecule has 0 aliphatic heterocycles. The Labute approximate surface area is 142 Å². The molecule has 2 aromatic rings. The first-order valence-corrected chi connectivity index (χ1v) is 24.4. The molecule has 109 valence electrons. The molecule has 2 atom stereocenters. The molecular weight excluding hydrogens is 404 g/mol. The van der Waals surface area contributed by atoms with Crippen molar-refractivity contribution < 1.29 is 19.2 Å². The zero-order valence-corrected chi connectivity index (χ0v) is 18.0. The van der Waals surface area contributed by atoms with Gasteiger partial charge in [0.1, 0.15) is 0 Å². The third-order valence-electron chi connectivity index (χ3n) is 4.98. The van der Waals surface area contributed by atoms with E-state index in [2.05, 4.69) is 84.3 Å². The number of benzene rings is 2. The Kier molecular flexibility index (Phi) is 4.13. The fraction of sp³-hybridized carbons (Fsp3) is 0.200. The van der Waals surface area contributed by atoms with Crippen molar-refractivity contribution in [1.82, 2.24) is 0 Å². The molecule has 2 unspecified atom stereocenters. The maximum atomic E-state index is 2.64. The van der Waals surface area contributed by atoms with Crippen molar-refractivity contribution in [2.75, 3.05) is 0 Å². The van der Waals surface area contributed by atoms with Crippen LogP contribution in [0.15, 0.2) is 60.7 Å². The molecule has 22 heavy (non-hydrogen) atoms. The van der Waals surface area contributed by atoms with Gasteiger partial charge in [-0.15, -0.1) is 0 Å². The molecule has 0 bridgehead atoms. The van der Waals surface area contributed by atoms with Crippen LogP contribution in [0.25, 0.3) is 12.2 Å². The van der Waals surface area contributed by atoms with Crippen LogP contribution in [0.3, 0.4) is 0 Å². The van der Waals surface area contributed by atoms with Crippen molar-refractivity contribution in [2.45, 2.75) is 18.8 Å². The summed E-state index contributed by atoms with van der Waals surface area (Å²) in [4.78, 5) is 0. The van der Waals surface area contributed by atoms with Crippen molar-refractivity contribution >= 4 is 22.7 Å². The minimum absolute atomic E-state index is 0.805. The first kappa shape index (κ1) is 14.9. The van der Waals surface area contributed by atoms with Crippen LogP contribution in [0, 0.1) is 0 Å². The second kappa shape index (κ2) is 6.10. The van der Waals surface area contributed by atoms with Gasteiger partial charge in [0.05, 0.1) is 0 Å². The number of rotatable bonds is 3. The van der Waals surface area contributed by atoms with E-state index in [0.29, 0.717) is 0 Å². The summed E-state index contributed by atoms with van der Waals surface area (Å²) in [5, 5.41) is 0. The average molecular weight is 425 g/mol. The van der Waals surface area contributed by atoms with Gasteiger partial charge >= 0.3 is 144 Å². The zero-order chi connectivity index (χ0) is 15.1. The Bertz CT molecular complexity index is 698. The van der Waals surface area contributed by atoms with Crippen LogP contribution in [0.4, 0.5) is 0 Å². The van der Waals surface area contributed by atoms with E-state index in [1.54, 1.807) is 11.1 Å². The Hall–Kier alpha value is -0.654. The van der Waals surface area contributed by atoms with Crippen LogP contribution in [0.5, 0.6) is 0 Å². The molecule has 0 saturated heterocycles. The molecule has 0 saturated carbocycles. The molecule has 0 radical (unpaired) electrons. The Balaban J connectivity index is 1.76. The van der Waals surface area contributed by atoms with E-state index in [9.17, 15) is 0 Å². The Morgan fingerprint density at radius 1 is 0.727 bits per heavy atom. The fourth-order valence-corrected chi connectivity index (χ4v) is 38.1. The monoisotopic (exact) mass is 425 g/mol. The van der Waals surface area contributed by atoms with Crippen molar-refractivity contribution in [3.05, 3.63) is 82.9 Å². The van der Waals surface area contributed by atoms with Gasteiger partial charge in [-0.05, 0) is 0 Å². The van der Waals surface area contributed by atoms with E-state index in [4.69, 9.17) is 0 Å². The summed E-state index contributed by atoms with van der Waals surface area (Å²) in [6, 6.07) is 18.2. The third-order valence-corrected chi connectivity index (χ3v) is 39.7. The average Bonchev–Trinajstić information content (AvgIpc) is 3.13. The quantitative estimate of drug-likeness (QED) is 0.599. The topological polar surface area (TPSA) is 0 Å². The van der Waals surface area contributed by atoms with Crippen LogP contribution in [-0.2, 0) is 19.2 Å². The van der Waals surface area contributed by atoms with Crippen molar-refractivity contribution in [2.24, 2.45) is 0 Å². The molecule has 0 spiro atoms. The predicted molar refractivity (Wildman–Crippen MR) is 95.3 cm³/mol. The fourth-order valence-electron chi connectivity index (χ4n) is 3.99. The summed E-state index contributed by atoms with van der Waals surface area (Å²) < 4.78 is 1.61. The van der Waals surface area contributed by atoms with Crippen molar-refractivity contribution in [3.63, 3.8) is 0 Å². The first-order valence-electron chi connectivity index (χ1n) is 8.16. The van der Waals surface area contributed by atoms with Crippen LogP contribution < -0.4 is 0 Å². The van der Waals surface area contributed by atoms with E-state index in [0.717, 1.165) is 7.25 Å². The number of hydrogen-bond donors (Lipinski definition) is 0. The summed E-state index contributed by atoms with van der Waals surface area (Å²) in [5.74, 6) is 5.29. The molecule has 0 fully saturated rings. The van der Waals surface area contributed by atoms with Crippen LogP contribution in [0.1, 0.15) is 29.5 Å². The molecule has 2 heteroatoms. The molecule has 0 amide bonds. The zero-order valence-electron chi connectivity index (χ0n) is 13.2. The standard InChI is InChI=1S/2C9H7.C2H7Ge.Zr/c2*1-2-5-9-7-3-6-8(9)4-1;1-3-2;/h2*1-7H;3H,1-2H3;.